The number of nitriles is 1. The van der Waals surface area contributed by atoms with Gasteiger partial charge in [-0.05, 0) is 0 Å². The number of ether oxygens (including phenoxy) is 1. The van der Waals surface area contributed by atoms with Crippen LogP contribution in [0.1, 0.15) is 0 Å². The van der Waals surface area contributed by atoms with E-state index in [9.17, 15) is 10.1 Å². The van der Waals surface area contributed by atoms with Gasteiger partial charge in [-0.15, -0.1) is 0 Å². The molecule has 0 bridgehead atoms. The third-order valence-electron chi connectivity index (χ3n) is 2.80. The van der Waals surface area contributed by atoms with Crippen LogP contribution in [-0.2, 0) is 4.74 Å². The molecule has 0 spiro atoms. The lowest BCUT2D eigenvalue weighted by Crippen LogP contribution is -2.42. The van der Waals surface area contributed by atoms with Gasteiger partial charge in [0.05, 0.1) is 36.3 Å². The summed E-state index contributed by atoms with van der Waals surface area (Å²) in [6.45, 7) is 1.31. The SMILES string of the molecule is CNc1cc([N+](=O)[O-])cc(N2CCOC(C#N)C2)n1. The first-order valence-electron chi connectivity index (χ1n) is 5.74. The molecular weight excluding hydrogens is 250 g/mol. The maximum Gasteiger partial charge on any atom is 0.276 e. The summed E-state index contributed by atoms with van der Waals surface area (Å²) in [5.41, 5.74) is -0.0330. The molecule has 1 aromatic heterocycles. The average Bonchev–Trinajstić information content (AvgIpc) is 2.46. The average molecular weight is 263 g/mol. The zero-order valence-corrected chi connectivity index (χ0v) is 10.4. The number of morpholine rings is 1. The molecule has 19 heavy (non-hydrogen) atoms. The summed E-state index contributed by atoms with van der Waals surface area (Å²) in [6, 6.07) is 4.80. The third kappa shape index (κ3) is 2.89. The number of aromatic nitrogens is 1. The molecule has 0 saturated carbocycles. The number of nitrogens with one attached hydrogen (secondary N) is 1. The molecule has 1 saturated heterocycles. The Labute approximate surface area is 109 Å². The van der Waals surface area contributed by atoms with Crippen molar-refractivity contribution in [3.63, 3.8) is 0 Å². The zero-order chi connectivity index (χ0) is 13.8. The molecule has 2 heterocycles. The second-order valence-electron chi connectivity index (χ2n) is 4.01. The van der Waals surface area contributed by atoms with Crippen molar-refractivity contribution in [2.45, 2.75) is 6.10 Å². The second-order valence-corrected chi connectivity index (χ2v) is 4.01. The van der Waals surface area contributed by atoms with E-state index in [4.69, 9.17) is 10.00 Å². The molecule has 1 aromatic rings. The van der Waals surface area contributed by atoms with Gasteiger partial charge in [0.15, 0.2) is 6.10 Å². The lowest BCUT2D eigenvalue weighted by atomic mass is 10.2. The molecule has 0 aliphatic carbocycles. The number of nitro groups is 1. The first kappa shape index (κ1) is 13.0. The Hall–Kier alpha value is -2.40. The van der Waals surface area contributed by atoms with Crippen molar-refractivity contribution in [3.05, 3.63) is 22.2 Å². The Balaban J connectivity index is 2.30. The van der Waals surface area contributed by atoms with Gasteiger partial charge >= 0.3 is 0 Å². The van der Waals surface area contributed by atoms with Crippen LogP contribution in [0.3, 0.4) is 0 Å². The molecule has 2 rings (SSSR count). The molecule has 1 N–H and O–H groups in total. The van der Waals surface area contributed by atoms with E-state index in [1.165, 1.54) is 12.1 Å². The molecular formula is C11H13N5O3. The summed E-state index contributed by atoms with van der Waals surface area (Å²) in [4.78, 5) is 16.5. The van der Waals surface area contributed by atoms with Gasteiger partial charge in [-0.1, -0.05) is 0 Å². The lowest BCUT2D eigenvalue weighted by Gasteiger charge is -2.30. The zero-order valence-electron chi connectivity index (χ0n) is 10.4. The van der Waals surface area contributed by atoms with Gasteiger partial charge in [0.1, 0.15) is 11.6 Å². The summed E-state index contributed by atoms with van der Waals surface area (Å²) in [7, 11) is 1.65. The number of pyridine rings is 1. The highest BCUT2D eigenvalue weighted by molar-refractivity contribution is 5.56. The maximum atomic E-state index is 10.9. The van der Waals surface area contributed by atoms with E-state index >= 15 is 0 Å². The van der Waals surface area contributed by atoms with Gasteiger partial charge in [-0.25, -0.2) is 4.98 Å². The normalized spacial score (nSPS) is 18.7. The Kier molecular flexibility index (Phi) is 3.77. The number of nitrogens with zero attached hydrogens (tertiary/aromatic N) is 4. The molecule has 0 radical (unpaired) electrons. The molecule has 0 amide bonds. The minimum atomic E-state index is -0.534. The van der Waals surface area contributed by atoms with Gasteiger partial charge < -0.3 is 15.0 Å². The van der Waals surface area contributed by atoms with Crippen LogP contribution in [-0.4, -0.2) is 42.8 Å². The molecule has 1 atom stereocenters. The standard InChI is InChI=1S/C11H13N5O3/c1-13-10-4-8(16(17)18)5-11(14-10)15-2-3-19-9(6-12)7-15/h4-5,9H,2-3,7H2,1H3,(H,13,14). The van der Waals surface area contributed by atoms with Gasteiger partial charge in [0, 0.05) is 13.6 Å². The van der Waals surface area contributed by atoms with Crippen LogP contribution >= 0.6 is 0 Å². The lowest BCUT2D eigenvalue weighted by molar-refractivity contribution is -0.384. The van der Waals surface area contributed by atoms with Crippen LogP contribution in [0.15, 0.2) is 12.1 Å². The van der Waals surface area contributed by atoms with Crippen molar-refractivity contribution in [3.8, 4) is 6.07 Å². The fourth-order valence-corrected chi connectivity index (χ4v) is 1.83. The second kappa shape index (κ2) is 5.49. The number of hydrogen-bond donors (Lipinski definition) is 1. The molecule has 0 aromatic carbocycles. The summed E-state index contributed by atoms with van der Waals surface area (Å²) >= 11 is 0. The summed E-state index contributed by atoms with van der Waals surface area (Å²) in [5, 5.41) is 22.5. The van der Waals surface area contributed by atoms with Gasteiger partial charge in [-0.3, -0.25) is 10.1 Å². The maximum absolute atomic E-state index is 10.9. The van der Waals surface area contributed by atoms with Crippen molar-refractivity contribution in [2.24, 2.45) is 0 Å². The topological polar surface area (TPSA) is 104 Å². The first-order valence-corrected chi connectivity index (χ1v) is 5.74. The monoisotopic (exact) mass is 263 g/mol. The molecule has 1 unspecified atom stereocenters. The molecule has 8 nitrogen and oxygen atoms in total. The van der Waals surface area contributed by atoms with Crippen LogP contribution < -0.4 is 10.2 Å². The number of hydrogen-bond acceptors (Lipinski definition) is 7. The fourth-order valence-electron chi connectivity index (χ4n) is 1.83. The highest BCUT2D eigenvalue weighted by Gasteiger charge is 2.23. The van der Waals surface area contributed by atoms with E-state index < -0.39 is 11.0 Å². The minimum absolute atomic E-state index is 0.0330. The van der Waals surface area contributed by atoms with E-state index in [2.05, 4.69) is 10.3 Å². The molecule has 1 aliphatic rings. The number of anilines is 2. The molecule has 1 aliphatic heterocycles. The first-order chi connectivity index (χ1) is 9.13. The highest BCUT2D eigenvalue weighted by atomic mass is 16.6. The van der Waals surface area contributed by atoms with Gasteiger partial charge in [0.2, 0.25) is 0 Å². The van der Waals surface area contributed by atoms with E-state index in [1.807, 2.05) is 11.0 Å². The molecule has 100 valence electrons. The predicted molar refractivity (Wildman–Crippen MR) is 68.0 cm³/mol. The fraction of sp³-hybridized carbons (Fsp3) is 0.455. The van der Waals surface area contributed by atoms with Gasteiger partial charge in [-0.2, -0.15) is 5.26 Å². The Morgan fingerprint density at radius 3 is 3.11 bits per heavy atom. The quantitative estimate of drug-likeness (QED) is 0.634. The predicted octanol–water partition coefficient (Wildman–Crippen LogP) is 0.760. The highest BCUT2D eigenvalue weighted by Crippen LogP contribution is 2.24. The Morgan fingerprint density at radius 1 is 1.68 bits per heavy atom. The van der Waals surface area contributed by atoms with E-state index in [1.54, 1.807) is 7.05 Å². The van der Waals surface area contributed by atoms with E-state index in [-0.39, 0.29) is 5.69 Å². The van der Waals surface area contributed by atoms with Crippen LogP contribution in [0.2, 0.25) is 0 Å². The van der Waals surface area contributed by atoms with Crippen molar-refractivity contribution < 1.29 is 9.66 Å². The van der Waals surface area contributed by atoms with Crippen LogP contribution in [0.25, 0.3) is 0 Å². The summed E-state index contributed by atoms with van der Waals surface area (Å²) in [6.07, 6.45) is -0.534. The van der Waals surface area contributed by atoms with Crippen molar-refractivity contribution in [1.82, 2.24) is 4.98 Å². The van der Waals surface area contributed by atoms with Crippen LogP contribution in [0, 0.1) is 21.4 Å². The van der Waals surface area contributed by atoms with E-state index in [0.29, 0.717) is 31.3 Å². The van der Waals surface area contributed by atoms with Crippen LogP contribution in [0.4, 0.5) is 17.3 Å². The largest absolute Gasteiger partial charge is 0.373 e. The molecule has 8 heteroatoms. The van der Waals surface area contributed by atoms with Crippen molar-refractivity contribution in [1.29, 1.82) is 5.26 Å². The minimum Gasteiger partial charge on any atom is -0.373 e. The number of rotatable bonds is 3. The smallest absolute Gasteiger partial charge is 0.276 e. The van der Waals surface area contributed by atoms with Gasteiger partial charge in [0.25, 0.3) is 5.69 Å². The van der Waals surface area contributed by atoms with Crippen LogP contribution in [0.5, 0.6) is 0 Å². The summed E-state index contributed by atoms with van der Waals surface area (Å²) < 4.78 is 5.23. The Bertz CT molecular complexity index is 528. The van der Waals surface area contributed by atoms with E-state index in [0.717, 1.165) is 0 Å². The van der Waals surface area contributed by atoms with Crippen molar-refractivity contribution >= 4 is 17.3 Å². The summed E-state index contributed by atoms with van der Waals surface area (Å²) in [5.74, 6) is 0.895. The Morgan fingerprint density at radius 2 is 2.47 bits per heavy atom. The van der Waals surface area contributed by atoms with Crippen molar-refractivity contribution in [2.75, 3.05) is 37.0 Å². The third-order valence-corrected chi connectivity index (χ3v) is 2.80. The molecule has 1 fully saturated rings.